The Bertz CT molecular complexity index is 633. The molecule has 20 heavy (non-hydrogen) atoms. The summed E-state index contributed by atoms with van der Waals surface area (Å²) in [5, 5.41) is 11.6. The molecule has 0 fully saturated rings. The van der Waals surface area contributed by atoms with E-state index in [-0.39, 0.29) is 17.2 Å². The summed E-state index contributed by atoms with van der Waals surface area (Å²) in [5.41, 5.74) is 0.955. The standard InChI is InChI=1S/C13H15N5O2/c1-9-4-5-14-11(8-9)15-6-7-16-13(20)10-2-3-12(19)18-17-10/h2-5,8H,6-7H2,1H3,(H,14,15)(H,16,20)(H,18,19). The number of nitrogens with one attached hydrogen (secondary N) is 3. The first-order chi connectivity index (χ1) is 9.65. The molecule has 7 nitrogen and oxygen atoms in total. The molecule has 0 aliphatic heterocycles. The van der Waals surface area contributed by atoms with Crippen molar-refractivity contribution in [2.24, 2.45) is 0 Å². The molecule has 0 aromatic carbocycles. The Morgan fingerprint density at radius 2 is 2.15 bits per heavy atom. The van der Waals surface area contributed by atoms with Gasteiger partial charge in [0.05, 0.1) is 0 Å². The van der Waals surface area contributed by atoms with Crippen LogP contribution in [0.4, 0.5) is 5.82 Å². The van der Waals surface area contributed by atoms with E-state index in [9.17, 15) is 9.59 Å². The van der Waals surface area contributed by atoms with E-state index in [2.05, 4.69) is 25.8 Å². The molecule has 2 heterocycles. The van der Waals surface area contributed by atoms with Gasteiger partial charge in [0.15, 0.2) is 0 Å². The number of carbonyl (C=O) groups excluding carboxylic acids is 1. The van der Waals surface area contributed by atoms with Crippen molar-refractivity contribution in [1.29, 1.82) is 0 Å². The number of aryl methyl sites for hydroxylation is 1. The van der Waals surface area contributed by atoms with Crippen molar-refractivity contribution in [3.63, 3.8) is 0 Å². The lowest BCUT2D eigenvalue weighted by Crippen LogP contribution is -2.30. The lowest BCUT2D eigenvalue weighted by atomic mass is 10.3. The molecule has 0 aliphatic carbocycles. The molecule has 0 unspecified atom stereocenters. The SMILES string of the molecule is Cc1ccnc(NCCNC(=O)c2ccc(=O)[nH]n2)c1. The normalized spacial score (nSPS) is 10.1. The summed E-state index contributed by atoms with van der Waals surface area (Å²) >= 11 is 0. The van der Waals surface area contributed by atoms with Gasteiger partial charge < -0.3 is 10.6 Å². The van der Waals surface area contributed by atoms with Crippen molar-refractivity contribution in [1.82, 2.24) is 20.5 Å². The topological polar surface area (TPSA) is 99.8 Å². The highest BCUT2D eigenvalue weighted by Crippen LogP contribution is 2.03. The van der Waals surface area contributed by atoms with Crippen molar-refractivity contribution in [2.45, 2.75) is 6.92 Å². The minimum Gasteiger partial charge on any atom is -0.368 e. The first-order valence-electron chi connectivity index (χ1n) is 6.15. The highest BCUT2D eigenvalue weighted by molar-refractivity contribution is 5.91. The molecule has 0 saturated heterocycles. The number of aromatic nitrogens is 3. The number of hydrogen-bond donors (Lipinski definition) is 3. The van der Waals surface area contributed by atoms with Gasteiger partial charge in [-0.05, 0) is 30.7 Å². The average molecular weight is 273 g/mol. The number of nitrogens with zero attached hydrogens (tertiary/aromatic N) is 2. The predicted octanol–water partition coefficient (Wildman–Crippen LogP) is 0.315. The first kappa shape index (κ1) is 13.7. The second-order valence-corrected chi connectivity index (χ2v) is 4.21. The number of aromatic amines is 1. The van der Waals surface area contributed by atoms with Crippen molar-refractivity contribution in [3.8, 4) is 0 Å². The zero-order valence-electron chi connectivity index (χ0n) is 11.0. The third-order valence-electron chi connectivity index (χ3n) is 2.54. The number of amides is 1. The average Bonchev–Trinajstić information content (AvgIpc) is 2.44. The van der Waals surface area contributed by atoms with Crippen molar-refractivity contribution in [2.75, 3.05) is 18.4 Å². The molecule has 3 N–H and O–H groups in total. The quantitative estimate of drug-likeness (QED) is 0.681. The van der Waals surface area contributed by atoms with Gasteiger partial charge in [0, 0.05) is 25.4 Å². The molecule has 2 aromatic rings. The zero-order valence-corrected chi connectivity index (χ0v) is 11.0. The van der Waals surface area contributed by atoms with Gasteiger partial charge in [0.2, 0.25) is 0 Å². The molecule has 7 heteroatoms. The van der Waals surface area contributed by atoms with E-state index in [1.54, 1.807) is 6.20 Å². The first-order valence-corrected chi connectivity index (χ1v) is 6.15. The maximum Gasteiger partial charge on any atom is 0.271 e. The number of rotatable bonds is 5. The molecular weight excluding hydrogens is 258 g/mol. The summed E-state index contributed by atoms with van der Waals surface area (Å²) < 4.78 is 0. The maximum atomic E-state index is 11.7. The van der Waals surface area contributed by atoms with Gasteiger partial charge in [0.25, 0.3) is 11.5 Å². The highest BCUT2D eigenvalue weighted by atomic mass is 16.2. The second kappa shape index (κ2) is 6.46. The number of anilines is 1. The van der Waals surface area contributed by atoms with Crippen LogP contribution in [0.1, 0.15) is 16.1 Å². The van der Waals surface area contributed by atoms with E-state index in [0.29, 0.717) is 13.1 Å². The minimum atomic E-state index is -0.339. The monoisotopic (exact) mass is 273 g/mol. The maximum absolute atomic E-state index is 11.7. The number of hydrogen-bond acceptors (Lipinski definition) is 5. The molecule has 2 rings (SSSR count). The predicted molar refractivity (Wildman–Crippen MR) is 74.7 cm³/mol. The van der Waals surface area contributed by atoms with Gasteiger partial charge in [-0.25, -0.2) is 10.1 Å². The van der Waals surface area contributed by atoms with Crippen LogP contribution in [0.25, 0.3) is 0 Å². The van der Waals surface area contributed by atoms with Crippen LogP contribution in [-0.2, 0) is 0 Å². The summed E-state index contributed by atoms with van der Waals surface area (Å²) in [6.07, 6.45) is 1.72. The van der Waals surface area contributed by atoms with Gasteiger partial charge in [-0.2, -0.15) is 5.10 Å². The molecule has 0 bridgehead atoms. The number of H-pyrrole nitrogens is 1. The van der Waals surface area contributed by atoms with Crippen molar-refractivity contribution in [3.05, 3.63) is 52.1 Å². The van der Waals surface area contributed by atoms with Crippen LogP contribution in [0, 0.1) is 6.92 Å². The lowest BCUT2D eigenvalue weighted by Gasteiger charge is -2.07. The van der Waals surface area contributed by atoms with E-state index in [1.807, 2.05) is 19.1 Å². The molecule has 0 aliphatic rings. The van der Waals surface area contributed by atoms with E-state index >= 15 is 0 Å². The van der Waals surface area contributed by atoms with E-state index in [1.165, 1.54) is 12.1 Å². The summed E-state index contributed by atoms with van der Waals surface area (Å²) in [6, 6.07) is 6.47. The van der Waals surface area contributed by atoms with Gasteiger partial charge in [0.1, 0.15) is 11.5 Å². The van der Waals surface area contributed by atoms with Crippen LogP contribution in [-0.4, -0.2) is 34.2 Å². The Morgan fingerprint density at radius 3 is 2.85 bits per heavy atom. The number of carbonyl (C=O) groups is 1. The van der Waals surface area contributed by atoms with Gasteiger partial charge >= 0.3 is 0 Å². The molecule has 1 amide bonds. The number of pyridine rings is 1. The zero-order chi connectivity index (χ0) is 14.4. The molecule has 2 aromatic heterocycles. The fraction of sp³-hybridized carbons (Fsp3) is 0.231. The Labute approximate surface area is 115 Å². The van der Waals surface area contributed by atoms with E-state index in [0.717, 1.165) is 11.4 Å². The molecule has 0 radical (unpaired) electrons. The van der Waals surface area contributed by atoms with Crippen LogP contribution < -0.4 is 16.2 Å². The summed E-state index contributed by atoms with van der Waals surface area (Å²) in [6.45, 7) is 2.96. The smallest absolute Gasteiger partial charge is 0.271 e. The highest BCUT2D eigenvalue weighted by Gasteiger charge is 2.05. The third kappa shape index (κ3) is 3.91. The molecule has 0 atom stereocenters. The van der Waals surface area contributed by atoms with Crippen LogP contribution in [0.5, 0.6) is 0 Å². The fourth-order valence-electron chi connectivity index (χ4n) is 1.56. The summed E-state index contributed by atoms with van der Waals surface area (Å²) in [5.74, 6) is 0.432. The molecule has 0 saturated carbocycles. The molecule has 0 spiro atoms. The van der Waals surface area contributed by atoms with Crippen LogP contribution in [0.2, 0.25) is 0 Å². The van der Waals surface area contributed by atoms with Crippen LogP contribution in [0.15, 0.2) is 35.3 Å². The molecule has 104 valence electrons. The second-order valence-electron chi connectivity index (χ2n) is 4.21. The molecular formula is C13H15N5O2. The fourth-order valence-corrected chi connectivity index (χ4v) is 1.56. The van der Waals surface area contributed by atoms with Crippen molar-refractivity contribution >= 4 is 11.7 Å². The Morgan fingerprint density at radius 1 is 1.30 bits per heavy atom. The van der Waals surface area contributed by atoms with Crippen LogP contribution >= 0.6 is 0 Å². The Balaban J connectivity index is 1.77. The minimum absolute atomic E-state index is 0.179. The largest absolute Gasteiger partial charge is 0.368 e. The van der Waals surface area contributed by atoms with Gasteiger partial charge in [-0.15, -0.1) is 0 Å². The van der Waals surface area contributed by atoms with E-state index in [4.69, 9.17) is 0 Å². The summed E-state index contributed by atoms with van der Waals surface area (Å²) in [4.78, 5) is 26.7. The summed E-state index contributed by atoms with van der Waals surface area (Å²) in [7, 11) is 0. The Kier molecular flexibility index (Phi) is 4.43. The van der Waals surface area contributed by atoms with Crippen LogP contribution in [0.3, 0.4) is 0 Å². The third-order valence-corrected chi connectivity index (χ3v) is 2.54. The van der Waals surface area contributed by atoms with Gasteiger partial charge in [-0.3, -0.25) is 9.59 Å². The Hall–Kier alpha value is -2.70. The van der Waals surface area contributed by atoms with Crippen molar-refractivity contribution < 1.29 is 4.79 Å². The van der Waals surface area contributed by atoms with E-state index < -0.39 is 0 Å². The van der Waals surface area contributed by atoms with Gasteiger partial charge in [-0.1, -0.05) is 0 Å². The lowest BCUT2D eigenvalue weighted by molar-refractivity contribution is 0.0949.